The monoisotopic (exact) mass is 284 g/mol. The smallest absolute Gasteiger partial charge is 0.238 e. The van der Waals surface area contributed by atoms with Gasteiger partial charge in [-0.3, -0.25) is 0 Å². The highest BCUT2D eigenvalue weighted by atomic mass is 32.2. The van der Waals surface area contributed by atoms with Crippen molar-refractivity contribution in [1.82, 2.24) is 10.6 Å². The second-order valence-corrected chi connectivity index (χ2v) is 5.48. The number of nitrogens with zero attached hydrogens (tertiary/aromatic N) is 1. The van der Waals surface area contributed by atoms with Crippen LogP contribution >= 0.6 is 0 Å². The van der Waals surface area contributed by atoms with Gasteiger partial charge in [-0.15, -0.1) is 0 Å². The lowest BCUT2D eigenvalue weighted by atomic mass is 10.2. The maximum absolute atomic E-state index is 11.1. The third kappa shape index (κ3) is 5.27. The Balaban J connectivity index is 2.74. The van der Waals surface area contributed by atoms with Crippen molar-refractivity contribution >= 4 is 16.0 Å². The van der Waals surface area contributed by atoms with E-state index in [1.165, 1.54) is 12.1 Å². The van der Waals surface area contributed by atoms with Gasteiger partial charge < -0.3 is 10.6 Å². The standard InChI is InChI=1S/C12H20N4O2S/c1-3-14-12(15-4-2)16-9-10-5-7-11(8-6-10)19(13,17)18/h5-8H,3-4,9H2,1-2H3,(H2,13,17,18)(H2,14,15,16). The molecule has 0 amide bonds. The molecule has 0 atom stereocenters. The van der Waals surface area contributed by atoms with Crippen LogP contribution in [0.2, 0.25) is 0 Å². The van der Waals surface area contributed by atoms with Gasteiger partial charge in [-0.2, -0.15) is 0 Å². The van der Waals surface area contributed by atoms with Gasteiger partial charge in [-0.1, -0.05) is 12.1 Å². The van der Waals surface area contributed by atoms with Gasteiger partial charge in [0, 0.05) is 13.1 Å². The highest BCUT2D eigenvalue weighted by Gasteiger charge is 2.06. The molecule has 0 aliphatic heterocycles. The number of primary sulfonamides is 1. The van der Waals surface area contributed by atoms with Gasteiger partial charge in [0.15, 0.2) is 5.96 Å². The van der Waals surface area contributed by atoms with E-state index in [2.05, 4.69) is 15.6 Å². The molecule has 4 N–H and O–H groups in total. The van der Waals surface area contributed by atoms with Crippen LogP contribution in [0.1, 0.15) is 19.4 Å². The molecule has 19 heavy (non-hydrogen) atoms. The molecule has 0 bridgehead atoms. The molecule has 0 fully saturated rings. The number of rotatable bonds is 5. The lowest BCUT2D eigenvalue weighted by Gasteiger charge is -2.09. The minimum Gasteiger partial charge on any atom is -0.357 e. The Labute approximate surface area is 114 Å². The Morgan fingerprint density at radius 3 is 2.11 bits per heavy atom. The van der Waals surface area contributed by atoms with E-state index < -0.39 is 10.0 Å². The van der Waals surface area contributed by atoms with E-state index in [4.69, 9.17) is 5.14 Å². The van der Waals surface area contributed by atoms with Crippen molar-refractivity contribution in [3.63, 3.8) is 0 Å². The number of benzene rings is 1. The highest BCUT2D eigenvalue weighted by molar-refractivity contribution is 7.89. The summed E-state index contributed by atoms with van der Waals surface area (Å²) < 4.78 is 22.2. The predicted molar refractivity (Wildman–Crippen MR) is 76.3 cm³/mol. The Morgan fingerprint density at radius 2 is 1.68 bits per heavy atom. The molecule has 6 nitrogen and oxygen atoms in total. The van der Waals surface area contributed by atoms with Crippen molar-refractivity contribution < 1.29 is 8.42 Å². The number of hydrogen-bond acceptors (Lipinski definition) is 3. The zero-order chi connectivity index (χ0) is 14.3. The summed E-state index contributed by atoms with van der Waals surface area (Å²) in [6.07, 6.45) is 0. The molecule has 0 aliphatic rings. The van der Waals surface area contributed by atoms with Gasteiger partial charge >= 0.3 is 0 Å². The minimum absolute atomic E-state index is 0.110. The van der Waals surface area contributed by atoms with Crippen LogP contribution in [0, 0.1) is 0 Å². The number of guanidine groups is 1. The van der Waals surface area contributed by atoms with Crippen LogP contribution in [0.3, 0.4) is 0 Å². The fraction of sp³-hybridized carbons (Fsp3) is 0.417. The molecule has 0 unspecified atom stereocenters. The van der Waals surface area contributed by atoms with Crippen molar-refractivity contribution in [3.05, 3.63) is 29.8 Å². The van der Waals surface area contributed by atoms with Crippen molar-refractivity contribution in [2.45, 2.75) is 25.3 Å². The van der Waals surface area contributed by atoms with E-state index in [9.17, 15) is 8.42 Å². The second-order valence-electron chi connectivity index (χ2n) is 3.91. The first kappa shape index (κ1) is 15.5. The Hall–Kier alpha value is -1.60. The van der Waals surface area contributed by atoms with Gasteiger partial charge in [0.25, 0.3) is 0 Å². The predicted octanol–water partition coefficient (Wildman–Crippen LogP) is 0.409. The maximum Gasteiger partial charge on any atom is 0.238 e. The van der Waals surface area contributed by atoms with Crippen LogP contribution in [0.25, 0.3) is 0 Å². The number of nitrogens with one attached hydrogen (secondary N) is 2. The Kier molecular flexibility index (Phi) is 5.78. The third-order valence-electron chi connectivity index (χ3n) is 2.36. The first-order valence-corrected chi connectivity index (χ1v) is 7.66. The summed E-state index contributed by atoms with van der Waals surface area (Å²) in [5, 5.41) is 11.3. The Bertz CT molecular complexity index is 515. The average molecular weight is 284 g/mol. The van der Waals surface area contributed by atoms with Crippen LogP contribution in [0.5, 0.6) is 0 Å². The van der Waals surface area contributed by atoms with Crippen LogP contribution in [0.4, 0.5) is 0 Å². The van der Waals surface area contributed by atoms with Crippen molar-refractivity contribution in [2.24, 2.45) is 10.1 Å². The van der Waals surface area contributed by atoms with Crippen molar-refractivity contribution in [3.8, 4) is 0 Å². The molecular formula is C12H20N4O2S. The number of nitrogens with two attached hydrogens (primary N) is 1. The summed E-state index contributed by atoms with van der Waals surface area (Å²) in [5.74, 6) is 0.737. The van der Waals surface area contributed by atoms with Gasteiger partial charge in [-0.25, -0.2) is 18.5 Å². The zero-order valence-electron chi connectivity index (χ0n) is 11.2. The molecule has 0 saturated heterocycles. The molecule has 106 valence electrons. The molecule has 0 radical (unpaired) electrons. The summed E-state index contributed by atoms with van der Waals surface area (Å²) in [6, 6.07) is 6.39. The topological polar surface area (TPSA) is 96.6 Å². The van der Waals surface area contributed by atoms with E-state index in [-0.39, 0.29) is 4.90 Å². The first-order valence-electron chi connectivity index (χ1n) is 6.11. The van der Waals surface area contributed by atoms with Gasteiger partial charge in [0.05, 0.1) is 11.4 Å². The lowest BCUT2D eigenvalue weighted by molar-refractivity contribution is 0.598. The molecule has 0 aliphatic carbocycles. The van der Waals surface area contributed by atoms with Gasteiger partial charge in [0.1, 0.15) is 0 Å². The fourth-order valence-corrected chi connectivity index (χ4v) is 1.98. The molecule has 0 heterocycles. The molecule has 1 aromatic carbocycles. The molecule has 1 aromatic rings. The second kappa shape index (κ2) is 7.10. The van der Waals surface area contributed by atoms with Gasteiger partial charge in [-0.05, 0) is 31.5 Å². The van der Waals surface area contributed by atoms with Crippen molar-refractivity contribution in [1.29, 1.82) is 0 Å². The van der Waals surface area contributed by atoms with Crippen LogP contribution in [0.15, 0.2) is 34.2 Å². The quantitative estimate of drug-likeness (QED) is 0.539. The van der Waals surface area contributed by atoms with E-state index in [0.29, 0.717) is 6.54 Å². The normalized spacial score (nSPS) is 10.9. The fourth-order valence-electron chi connectivity index (χ4n) is 1.46. The van der Waals surface area contributed by atoms with E-state index >= 15 is 0 Å². The molecule has 0 spiro atoms. The number of aliphatic imine (C=N–C) groups is 1. The molecular weight excluding hydrogens is 264 g/mol. The van der Waals surface area contributed by atoms with Crippen LogP contribution < -0.4 is 15.8 Å². The molecule has 7 heteroatoms. The summed E-state index contributed by atoms with van der Waals surface area (Å²) >= 11 is 0. The van der Waals surface area contributed by atoms with E-state index in [1.54, 1.807) is 12.1 Å². The van der Waals surface area contributed by atoms with Crippen molar-refractivity contribution in [2.75, 3.05) is 13.1 Å². The molecule has 0 aromatic heterocycles. The largest absolute Gasteiger partial charge is 0.357 e. The molecule has 0 saturated carbocycles. The average Bonchev–Trinajstić information content (AvgIpc) is 2.36. The SMILES string of the molecule is CCNC(=NCc1ccc(S(N)(=O)=O)cc1)NCC. The third-order valence-corrected chi connectivity index (χ3v) is 3.29. The summed E-state index contributed by atoms with van der Waals surface area (Å²) in [4.78, 5) is 4.49. The lowest BCUT2D eigenvalue weighted by Crippen LogP contribution is -2.36. The summed E-state index contributed by atoms with van der Waals surface area (Å²) in [6.45, 7) is 6.04. The maximum atomic E-state index is 11.1. The van der Waals surface area contributed by atoms with Gasteiger partial charge in [0.2, 0.25) is 10.0 Å². The number of sulfonamides is 1. The Morgan fingerprint density at radius 1 is 1.16 bits per heavy atom. The molecule has 1 rings (SSSR count). The zero-order valence-corrected chi connectivity index (χ0v) is 12.0. The van der Waals surface area contributed by atoms with Crippen LogP contribution in [-0.2, 0) is 16.6 Å². The number of hydrogen-bond donors (Lipinski definition) is 3. The van der Waals surface area contributed by atoms with E-state index in [0.717, 1.165) is 24.6 Å². The van der Waals surface area contributed by atoms with E-state index in [1.807, 2.05) is 13.8 Å². The minimum atomic E-state index is -3.63. The van der Waals surface area contributed by atoms with Crippen LogP contribution in [-0.4, -0.2) is 27.5 Å². The summed E-state index contributed by atoms with van der Waals surface area (Å²) in [7, 11) is -3.63. The highest BCUT2D eigenvalue weighted by Crippen LogP contribution is 2.09. The summed E-state index contributed by atoms with van der Waals surface area (Å²) in [5.41, 5.74) is 0.917. The first-order chi connectivity index (χ1) is 8.97.